The molecule has 0 unspecified atom stereocenters. The van der Waals surface area contributed by atoms with Gasteiger partial charge in [0.05, 0.1) is 24.3 Å². The van der Waals surface area contributed by atoms with Gasteiger partial charge in [-0.1, -0.05) is 11.6 Å². The molecule has 1 amide bonds. The zero-order valence-corrected chi connectivity index (χ0v) is 10.5. The topological polar surface area (TPSA) is 51.0 Å². The second-order valence-electron chi connectivity index (χ2n) is 3.69. The third-order valence-electron chi connectivity index (χ3n) is 2.44. The van der Waals surface area contributed by atoms with Crippen LogP contribution in [-0.4, -0.2) is 27.7 Å². The Morgan fingerprint density at radius 2 is 2.22 bits per heavy atom. The quantitative estimate of drug-likeness (QED) is 0.837. The standard InChI is InChI=1S/C11H10ClFN4O/c1-7(18)16(2)10-6-17(15-11(10)12)9-3-8(13)4-14-5-9/h3-6H,1-2H3. The predicted octanol–water partition coefficient (Wildman–Crippen LogP) is 2.04. The van der Waals surface area contributed by atoms with Gasteiger partial charge in [-0.05, 0) is 0 Å². The fourth-order valence-corrected chi connectivity index (χ4v) is 1.65. The van der Waals surface area contributed by atoms with Crippen LogP contribution in [0.1, 0.15) is 6.92 Å². The van der Waals surface area contributed by atoms with Crippen LogP contribution >= 0.6 is 11.6 Å². The van der Waals surface area contributed by atoms with E-state index in [9.17, 15) is 9.18 Å². The van der Waals surface area contributed by atoms with Crippen LogP contribution < -0.4 is 4.90 Å². The molecule has 2 aromatic heterocycles. The summed E-state index contributed by atoms with van der Waals surface area (Å²) in [4.78, 5) is 16.3. The average Bonchev–Trinajstić information content (AvgIpc) is 2.70. The molecule has 0 saturated heterocycles. The van der Waals surface area contributed by atoms with Crippen molar-refractivity contribution in [3.8, 4) is 5.69 Å². The van der Waals surface area contributed by atoms with Crippen molar-refractivity contribution in [1.82, 2.24) is 14.8 Å². The summed E-state index contributed by atoms with van der Waals surface area (Å²) in [5, 5.41) is 4.17. The molecule has 0 saturated carbocycles. The van der Waals surface area contributed by atoms with Gasteiger partial charge < -0.3 is 4.90 Å². The molecule has 0 aliphatic carbocycles. The molecule has 0 aliphatic heterocycles. The Balaban J connectivity index is 2.43. The molecule has 0 bridgehead atoms. The summed E-state index contributed by atoms with van der Waals surface area (Å²) in [6, 6.07) is 1.27. The minimum absolute atomic E-state index is 0.164. The smallest absolute Gasteiger partial charge is 0.223 e. The molecule has 5 nitrogen and oxygen atoms in total. The fraction of sp³-hybridized carbons (Fsp3) is 0.182. The molecule has 0 radical (unpaired) electrons. The van der Waals surface area contributed by atoms with Crippen LogP contribution in [0.4, 0.5) is 10.1 Å². The number of nitrogens with zero attached hydrogens (tertiary/aromatic N) is 4. The van der Waals surface area contributed by atoms with Crippen molar-refractivity contribution in [2.45, 2.75) is 6.92 Å². The number of hydrogen-bond donors (Lipinski definition) is 0. The van der Waals surface area contributed by atoms with Crippen LogP contribution in [0.2, 0.25) is 5.15 Å². The number of hydrogen-bond acceptors (Lipinski definition) is 3. The van der Waals surface area contributed by atoms with Gasteiger partial charge in [0.1, 0.15) is 11.5 Å². The SMILES string of the molecule is CC(=O)N(C)c1cn(-c2cncc(F)c2)nc1Cl. The van der Waals surface area contributed by atoms with E-state index in [2.05, 4.69) is 10.1 Å². The molecule has 94 valence electrons. The highest BCUT2D eigenvalue weighted by Crippen LogP contribution is 2.25. The third-order valence-corrected chi connectivity index (χ3v) is 2.71. The van der Waals surface area contributed by atoms with Crippen molar-refractivity contribution in [3.63, 3.8) is 0 Å². The Kier molecular flexibility index (Phi) is 3.29. The van der Waals surface area contributed by atoms with Crippen LogP contribution in [0.3, 0.4) is 0 Å². The second-order valence-corrected chi connectivity index (χ2v) is 4.05. The molecule has 2 heterocycles. The minimum atomic E-state index is -0.472. The molecule has 0 aliphatic rings. The van der Waals surface area contributed by atoms with Gasteiger partial charge in [-0.3, -0.25) is 9.78 Å². The number of rotatable bonds is 2. The molecule has 7 heteroatoms. The number of aromatic nitrogens is 3. The Hall–Kier alpha value is -1.95. The Bertz CT molecular complexity index is 598. The summed E-state index contributed by atoms with van der Waals surface area (Å²) in [5.41, 5.74) is 0.883. The van der Waals surface area contributed by atoms with Crippen LogP contribution in [0.25, 0.3) is 5.69 Å². The first-order valence-corrected chi connectivity index (χ1v) is 5.47. The van der Waals surface area contributed by atoms with Gasteiger partial charge >= 0.3 is 0 Å². The highest BCUT2D eigenvalue weighted by atomic mass is 35.5. The van der Waals surface area contributed by atoms with E-state index in [0.717, 1.165) is 6.20 Å². The number of pyridine rings is 1. The normalized spacial score (nSPS) is 10.4. The highest BCUT2D eigenvalue weighted by molar-refractivity contribution is 6.32. The van der Waals surface area contributed by atoms with Crippen LogP contribution in [0.15, 0.2) is 24.7 Å². The zero-order valence-electron chi connectivity index (χ0n) is 9.76. The Morgan fingerprint density at radius 3 is 2.83 bits per heavy atom. The van der Waals surface area contributed by atoms with Crippen LogP contribution in [-0.2, 0) is 4.79 Å². The van der Waals surface area contributed by atoms with Crippen LogP contribution in [0.5, 0.6) is 0 Å². The number of amides is 1. The lowest BCUT2D eigenvalue weighted by Gasteiger charge is -2.11. The minimum Gasteiger partial charge on any atom is -0.312 e. The predicted molar refractivity (Wildman–Crippen MR) is 65.4 cm³/mol. The van der Waals surface area contributed by atoms with Crippen molar-refractivity contribution in [2.75, 3.05) is 11.9 Å². The lowest BCUT2D eigenvalue weighted by atomic mass is 10.4. The highest BCUT2D eigenvalue weighted by Gasteiger charge is 2.15. The lowest BCUT2D eigenvalue weighted by Crippen LogP contribution is -2.22. The molecule has 0 spiro atoms. The second kappa shape index (κ2) is 4.73. The van der Waals surface area contributed by atoms with E-state index < -0.39 is 5.82 Å². The lowest BCUT2D eigenvalue weighted by molar-refractivity contribution is -0.116. The molecule has 0 aromatic carbocycles. The van der Waals surface area contributed by atoms with Gasteiger partial charge in [0.2, 0.25) is 5.91 Å². The third kappa shape index (κ3) is 2.33. The van der Waals surface area contributed by atoms with E-state index >= 15 is 0 Å². The van der Waals surface area contributed by atoms with E-state index in [1.165, 1.54) is 28.8 Å². The first-order valence-electron chi connectivity index (χ1n) is 5.09. The molecule has 2 rings (SSSR count). The van der Waals surface area contributed by atoms with Gasteiger partial charge in [0.15, 0.2) is 5.15 Å². The number of halogens is 2. The monoisotopic (exact) mass is 268 g/mol. The van der Waals surface area contributed by atoms with Crippen molar-refractivity contribution < 1.29 is 9.18 Å². The number of carbonyl (C=O) groups excluding carboxylic acids is 1. The molecule has 2 aromatic rings. The van der Waals surface area contributed by atoms with Crippen molar-refractivity contribution >= 4 is 23.2 Å². The number of anilines is 1. The van der Waals surface area contributed by atoms with E-state index in [1.807, 2.05) is 0 Å². The summed E-state index contributed by atoms with van der Waals surface area (Å²) in [6.07, 6.45) is 4.08. The van der Waals surface area contributed by atoms with Gasteiger partial charge in [0, 0.05) is 20.0 Å². The summed E-state index contributed by atoms with van der Waals surface area (Å²) < 4.78 is 14.4. The molecule has 0 atom stereocenters. The van der Waals surface area contributed by atoms with Crippen molar-refractivity contribution in [3.05, 3.63) is 35.6 Å². The summed E-state index contributed by atoms with van der Waals surface area (Å²) in [7, 11) is 1.58. The van der Waals surface area contributed by atoms with Crippen LogP contribution in [0, 0.1) is 5.82 Å². The van der Waals surface area contributed by atoms with Crippen molar-refractivity contribution in [2.24, 2.45) is 0 Å². The maximum atomic E-state index is 13.0. The van der Waals surface area contributed by atoms with Crippen molar-refractivity contribution in [1.29, 1.82) is 0 Å². The summed E-state index contributed by atoms with van der Waals surface area (Å²) in [6.45, 7) is 1.41. The molecule has 18 heavy (non-hydrogen) atoms. The summed E-state index contributed by atoms with van der Waals surface area (Å²) in [5.74, 6) is -0.644. The van der Waals surface area contributed by atoms with E-state index in [0.29, 0.717) is 11.4 Å². The summed E-state index contributed by atoms with van der Waals surface area (Å²) >= 11 is 5.93. The number of carbonyl (C=O) groups is 1. The van der Waals surface area contributed by atoms with E-state index in [1.54, 1.807) is 13.2 Å². The molecular weight excluding hydrogens is 259 g/mol. The first-order chi connectivity index (χ1) is 8.49. The Labute approximate surface area is 108 Å². The molecule has 0 N–H and O–H groups in total. The van der Waals surface area contributed by atoms with Gasteiger partial charge in [-0.15, -0.1) is 0 Å². The maximum Gasteiger partial charge on any atom is 0.223 e. The molecule has 0 fully saturated rings. The largest absolute Gasteiger partial charge is 0.312 e. The average molecular weight is 269 g/mol. The fourth-order valence-electron chi connectivity index (χ4n) is 1.40. The molecular formula is C11H10ClFN4O. The van der Waals surface area contributed by atoms with E-state index in [4.69, 9.17) is 11.6 Å². The maximum absolute atomic E-state index is 13.0. The van der Waals surface area contributed by atoms with Gasteiger partial charge in [0.25, 0.3) is 0 Å². The van der Waals surface area contributed by atoms with E-state index in [-0.39, 0.29) is 11.1 Å². The zero-order chi connectivity index (χ0) is 13.3. The Morgan fingerprint density at radius 1 is 1.50 bits per heavy atom. The van der Waals surface area contributed by atoms with Gasteiger partial charge in [-0.2, -0.15) is 5.10 Å². The van der Waals surface area contributed by atoms with Gasteiger partial charge in [-0.25, -0.2) is 9.07 Å². The first kappa shape index (κ1) is 12.5.